The zero-order chi connectivity index (χ0) is 10.8. The second kappa shape index (κ2) is 10.5. The van der Waals surface area contributed by atoms with Gasteiger partial charge in [0.05, 0.1) is 0 Å². The van der Waals surface area contributed by atoms with E-state index < -0.39 is 0 Å². The van der Waals surface area contributed by atoms with E-state index in [1.807, 2.05) is 0 Å². The first-order chi connectivity index (χ1) is 6.66. The molecule has 0 aromatic carbocycles. The second-order valence-corrected chi connectivity index (χ2v) is 7.02. The van der Waals surface area contributed by atoms with E-state index in [9.17, 15) is 0 Å². The fourth-order valence-electron chi connectivity index (χ4n) is 1.55. The van der Waals surface area contributed by atoms with E-state index in [1.165, 1.54) is 51.4 Å². The van der Waals surface area contributed by atoms with E-state index in [-0.39, 0.29) is 0 Å². The van der Waals surface area contributed by atoms with Crippen LogP contribution in [0, 0.1) is 0 Å². The highest BCUT2D eigenvalue weighted by atomic mass is 79.9. The van der Waals surface area contributed by atoms with Crippen LogP contribution in [0.15, 0.2) is 0 Å². The van der Waals surface area contributed by atoms with E-state index >= 15 is 0 Å². The van der Waals surface area contributed by atoms with Gasteiger partial charge in [0.2, 0.25) is 0 Å². The standard InChI is InChI=1S/C12H24Br2/c1-3-4-5-9-12(14)10-7-6-8-11(2)13/h11-12H,3-10H2,1-2H3. The molecule has 0 nitrogen and oxygen atoms in total. The van der Waals surface area contributed by atoms with E-state index in [0.717, 1.165) is 4.83 Å². The highest BCUT2D eigenvalue weighted by Gasteiger charge is 2.03. The Bertz CT molecular complexity index is 113. The third kappa shape index (κ3) is 11.0. The van der Waals surface area contributed by atoms with Crippen LogP contribution in [0.3, 0.4) is 0 Å². The Kier molecular flexibility index (Phi) is 11.2. The molecule has 0 aliphatic rings. The number of rotatable bonds is 9. The summed E-state index contributed by atoms with van der Waals surface area (Å²) in [5.41, 5.74) is 0. The van der Waals surface area contributed by atoms with Crippen molar-refractivity contribution in [3.05, 3.63) is 0 Å². The molecule has 0 rings (SSSR count). The highest BCUT2D eigenvalue weighted by molar-refractivity contribution is 9.09. The van der Waals surface area contributed by atoms with Crippen LogP contribution in [0.2, 0.25) is 0 Å². The second-order valence-electron chi connectivity index (χ2n) is 4.16. The van der Waals surface area contributed by atoms with Gasteiger partial charge in [0.25, 0.3) is 0 Å². The number of hydrogen-bond donors (Lipinski definition) is 0. The van der Waals surface area contributed by atoms with Gasteiger partial charge in [0.15, 0.2) is 0 Å². The molecule has 0 fully saturated rings. The Balaban J connectivity index is 3.14. The summed E-state index contributed by atoms with van der Waals surface area (Å²) in [6, 6.07) is 0. The molecule has 86 valence electrons. The Labute approximate surface area is 106 Å². The molecule has 0 bridgehead atoms. The smallest absolute Gasteiger partial charge is 0.0145 e. The average molecular weight is 328 g/mol. The van der Waals surface area contributed by atoms with Crippen molar-refractivity contribution in [1.29, 1.82) is 0 Å². The van der Waals surface area contributed by atoms with Crippen molar-refractivity contribution in [2.24, 2.45) is 0 Å². The lowest BCUT2D eigenvalue weighted by Crippen LogP contribution is -1.98. The summed E-state index contributed by atoms with van der Waals surface area (Å²) in [7, 11) is 0. The summed E-state index contributed by atoms with van der Waals surface area (Å²) in [6.45, 7) is 4.49. The monoisotopic (exact) mass is 326 g/mol. The minimum atomic E-state index is 0.691. The first-order valence-corrected chi connectivity index (χ1v) is 7.78. The summed E-state index contributed by atoms with van der Waals surface area (Å²) < 4.78 is 0. The third-order valence-electron chi connectivity index (χ3n) is 2.49. The molecule has 0 saturated carbocycles. The summed E-state index contributed by atoms with van der Waals surface area (Å²) in [6.07, 6.45) is 10.9. The Hall–Kier alpha value is 0.960. The molecule has 0 spiro atoms. The van der Waals surface area contributed by atoms with E-state index in [1.54, 1.807) is 0 Å². The molecule has 14 heavy (non-hydrogen) atoms. The number of unbranched alkanes of at least 4 members (excludes halogenated alkanes) is 3. The molecule has 0 heterocycles. The lowest BCUT2D eigenvalue weighted by molar-refractivity contribution is 0.581. The van der Waals surface area contributed by atoms with Crippen molar-refractivity contribution in [1.82, 2.24) is 0 Å². The molecule has 0 aromatic rings. The van der Waals surface area contributed by atoms with Gasteiger partial charge < -0.3 is 0 Å². The zero-order valence-electron chi connectivity index (χ0n) is 9.57. The summed E-state index contributed by atoms with van der Waals surface area (Å²) in [5.74, 6) is 0. The van der Waals surface area contributed by atoms with Crippen molar-refractivity contribution in [2.75, 3.05) is 0 Å². The van der Waals surface area contributed by atoms with E-state index in [4.69, 9.17) is 0 Å². The molecule has 2 heteroatoms. The molecular weight excluding hydrogens is 304 g/mol. The van der Waals surface area contributed by atoms with Gasteiger partial charge in [-0.25, -0.2) is 0 Å². The Morgan fingerprint density at radius 2 is 1.36 bits per heavy atom. The largest absolute Gasteiger partial charge is 0.0894 e. The predicted octanol–water partition coefficient (Wildman–Crippen LogP) is 5.67. The molecule has 0 aliphatic carbocycles. The van der Waals surface area contributed by atoms with Crippen LogP contribution in [0.1, 0.15) is 65.2 Å². The predicted molar refractivity (Wildman–Crippen MR) is 73.7 cm³/mol. The number of hydrogen-bond acceptors (Lipinski definition) is 0. The van der Waals surface area contributed by atoms with E-state index in [0.29, 0.717) is 4.83 Å². The van der Waals surface area contributed by atoms with Crippen LogP contribution < -0.4 is 0 Å². The van der Waals surface area contributed by atoms with Crippen molar-refractivity contribution in [3.63, 3.8) is 0 Å². The van der Waals surface area contributed by atoms with Gasteiger partial charge in [-0.15, -0.1) is 0 Å². The first kappa shape index (κ1) is 15.0. The lowest BCUT2D eigenvalue weighted by Gasteiger charge is -2.09. The van der Waals surface area contributed by atoms with Crippen LogP contribution >= 0.6 is 31.9 Å². The van der Waals surface area contributed by atoms with Crippen LogP contribution in [0.4, 0.5) is 0 Å². The van der Waals surface area contributed by atoms with Gasteiger partial charge >= 0.3 is 0 Å². The summed E-state index contributed by atoms with van der Waals surface area (Å²) in [5, 5.41) is 0. The van der Waals surface area contributed by atoms with Gasteiger partial charge in [0, 0.05) is 9.65 Å². The maximum Gasteiger partial charge on any atom is 0.0145 e. The average Bonchev–Trinajstić information content (AvgIpc) is 2.13. The van der Waals surface area contributed by atoms with Crippen molar-refractivity contribution >= 4 is 31.9 Å². The first-order valence-electron chi connectivity index (χ1n) is 5.95. The van der Waals surface area contributed by atoms with Crippen LogP contribution in [-0.4, -0.2) is 9.65 Å². The molecule has 2 unspecified atom stereocenters. The van der Waals surface area contributed by atoms with Gasteiger partial charge in [-0.3, -0.25) is 0 Å². The number of alkyl halides is 2. The van der Waals surface area contributed by atoms with Crippen molar-refractivity contribution < 1.29 is 0 Å². The lowest BCUT2D eigenvalue weighted by atomic mass is 10.1. The fourth-order valence-corrected chi connectivity index (χ4v) is 2.52. The molecule has 0 N–H and O–H groups in total. The van der Waals surface area contributed by atoms with Gasteiger partial charge in [-0.1, -0.05) is 77.8 Å². The quantitative estimate of drug-likeness (QED) is 0.378. The Morgan fingerprint density at radius 3 is 1.86 bits per heavy atom. The number of halogens is 2. The molecule has 0 aliphatic heterocycles. The topological polar surface area (TPSA) is 0 Å². The molecule has 0 radical (unpaired) electrons. The maximum atomic E-state index is 3.76. The maximum absolute atomic E-state index is 3.76. The SMILES string of the molecule is CCCCCC(Br)CCCCC(C)Br. The summed E-state index contributed by atoms with van der Waals surface area (Å²) >= 11 is 7.34. The summed E-state index contributed by atoms with van der Waals surface area (Å²) in [4.78, 5) is 1.45. The molecule has 0 saturated heterocycles. The fraction of sp³-hybridized carbons (Fsp3) is 1.00. The minimum absolute atomic E-state index is 0.691. The van der Waals surface area contributed by atoms with Crippen molar-refractivity contribution in [2.45, 2.75) is 74.9 Å². The van der Waals surface area contributed by atoms with Gasteiger partial charge in [-0.2, -0.15) is 0 Å². The normalized spacial score (nSPS) is 15.4. The molecule has 0 amide bonds. The Morgan fingerprint density at radius 1 is 0.857 bits per heavy atom. The van der Waals surface area contributed by atoms with Crippen molar-refractivity contribution in [3.8, 4) is 0 Å². The van der Waals surface area contributed by atoms with Crippen LogP contribution in [0.5, 0.6) is 0 Å². The highest BCUT2D eigenvalue weighted by Crippen LogP contribution is 2.19. The third-order valence-corrected chi connectivity index (χ3v) is 3.86. The molecule has 0 aromatic heterocycles. The molecular formula is C12H24Br2. The van der Waals surface area contributed by atoms with E-state index in [2.05, 4.69) is 45.7 Å². The van der Waals surface area contributed by atoms with Gasteiger partial charge in [-0.05, 0) is 19.3 Å². The van der Waals surface area contributed by atoms with Crippen LogP contribution in [-0.2, 0) is 0 Å². The zero-order valence-corrected chi connectivity index (χ0v) is 12.7. The van der Waals surface area contributed by atoms with Crippen LogP contribution in [0.25, 0.3) is 0 Å². The minimum Gasteiger partial charge on any atom is -0.0894 e. The van der Waals surface area contributed by atoms with Gasteiger partial charge in [0.1, 0.15) is 0 Å². The molecule has 2 atom stereocenters.